The van der Waals surface area contributed by atoms with Crippen LogP contribution in [0, 0.1) is 11.3 Å². The number of hydrogen-bond acceptors (Lipinski definition) is 3. The Morgan fingerprint density at radius 2 is 2.06 bits per heavy atom. The maximum absolute atomic E-state index is 12.4. The van der Waals surface area contributed by atoms with E-state index < -0.39 is 0 Å². The highest BCUT2D eigenvalue weighted by molar-refractivity contribution is 5.85. The Labute approximate surface area is 103 Å². The van der Waals surface area contributed by atoms with Gasteiger partial charge in [0.25, 0.3) is 0 Å². The molecule has 17 heavy (non-hydrogen) atoms. The third kappa shape index (κ3) is 2.80. The Hall–Kier alpha value is -0.610. The maximum Gasteiger partial charge on any atom is 0.228 e. The van der Waals surface area contributed by atoms with Crippen LogP contribution in [0.1, 0.15) is 32.1 Å². The Morgan fingerprint density at radius 1 is 1.41 bits per heavy atom. The molecule has 0 aromatic rings. The Bertz CT molecular complexity index is 268. The number of nitrogens with zero attached hydrogens (tertiary/aromatic N) is 1. The molecule has 0 aromatic heterocycles. The van der Waals surface area contributed by atoms with Crippen LogP contribution in [0.2, 0.25) is 0 Å². The number of aliphatic hydroxyl groups excluding tert-OH is 1. The molecule has 0 spiro atoms. The number of aliphatic hydroxyl groups is 1. The van der Waals surface area contributed by atoms with Crippen LogP contribution in [0.25, 0.3) is 0 Å². The van der Waals surface area contributed by atoms with Crippen LogP contribution >= 0.6 is 0 Å². The number of rotatable bonds is 5. The number of piperidine rings is 1. The van der Waals surface area contributed by atoms with E-state index in [1.807, 2.05) is 4.90 Å². The lowest BCUT2D eigenvalue weighted by Crippen LogP contribution is -2.43. The molecule has 4 heteroatoms. The molecule has 0 atom stereocenters. The zero-order chi connectivity index (χ0) is 12.3. The molecule has 98 valence electrons. The highest BCUT2D eigenvalue weighted by atomic mass is 16.5. The van der Waals surface area contributed by atoms with Gasteiger partial charge in [0.2, 0.25) is 5.91 Å². The molecular weight excluding hydrogens is 218 g/mol. The molecule has 2 fully saturated rings. The molecule has 4 nitrogen and oxygen atoms in total. The van der Waals surface area contributed by atoms with Crippen molar-refractivity contribution >= 4 is 5.91 Å². The summed E-state index contributed by atoms with van der Waals surface area (Å²) in [4.78, 5) is 14.4. The first-order chi connectivity index (χ1) is 8.22. The first-order valence-electron chi connectivity index (χ1n) is 6.61. The topological polar surface area (TPSA) is 49.8 Å². The number of hydrogen-bond donors (Lipinski definition) is 1. The SMILES string of the molecule is COCCC1(C(=O)N2CCC(CO)CC2)CC1. The molecule has 2 rings (SSSR count). The second kappa shape index (κ2) is 5.36. The van der Waals surface area contributed by atoms with E-state index in [-0.39, 0.29) is 12.0 Å². The maximum atomic E-state index is 12.4. The summed E-state index contributed by atoms with van der Waals surface area (Å²) in [6.45, 7) is 2.58. The van der Waals surface area contributed by atoms with Crippen molar-refractivity contribution < 1.29 is 14.6 Å². The van der Waals surface area contributed by atoms with Gasteiger partial charge in [0.05, 0.1) is 5.41 Å². The zero-order valence-electron chi connectivity index (χ0n) is 10.7. The Morgan fingerprint density at radius 3 is 2.53 bits per heavy atom. The third-order valence-electron chi connectivity index (χ3n) is 4.25. The average molecular weight is 241 g/mol. The van der Waals surface area contributed by atoms with Crippen molar-refractivity contribution in [1.82, 2.24) is 4.90 Å². The van der Waals surface area contributed by atoms with Gasteiger partial charge >= 0.3 is 0 Å². The van der Waals surface area contributed by atoms with Crippen LogP contribution in [-0.2, 0) is 9.53 Å². The van der Waals surface area contributed by atoms with Crippen molar-refractivity contribution in [2.45, 2.75) is 32.1 Å². The van der Waals surface area contributed by atoms with Gasteiger partial charge in [0, 0.05) is 33.4 Å². The van der Waals surface area contributed by atoms with Crippen LogP contribution < -0.4 is 0 Å². The standard InChI is InChI=1S/C13H23NO3/c1-17-9-6-13(4-5-13)12(16)14-7-2-11(10-15)3-8-14/h11,15H,2-10H2,1H3. The minimum absolute atomic E-state index is 0.0952. The predicted octanol–water partition coefficient (Wildman–Crippen LogP) is 1.03. The highest BCUT2D eigenvalue weighted by Crippen LogP contribution is 2.50. The lowest BCUT2D eigenvalue weighted by molar-refractivity contribution is -0.139. The summed E-state index contributed by atoms with van der Waals surface area (Å²) in [6.07, 6.45) is 4.80. The van der Waals surface area contributed by atoms with Gasteiger partial charge in [-0.3, -0.25) is 4.79 Å². The van der Waals surface area contributed by atoms with Crippen molar-refractivity contribution in [2.24, 2.45) is 11.3 Å². The molecule has 1 amide bonds. The largest absolute Gasteiger partial charge is 0.396 e. The minimum atomic E-state index is -0.0952. The van der Waals surface area contributed by atoms with E-state index in [1.54, 1.807) is 7.11 Å². The van der Waals surface area contributed by atoms with E-state index in [0.717, 1.165) is 45.2 Å². The van der Waals surface area contributed by atoms with Gasteiger partial charge in [-0.15, -0.1) is 0 Å². The van der Waals surface area contributed by atoms with Crippen LogP contribution in [0.3, 0.4) is 0 Å². The lowest BCUT2D eigenvalue weighted by Gasteiger charge is -2.33. The van der Waals surface area contributed by atoms with Crippen molar-refractivity contribution in [2.75, 3.05) is 33.4 Å². The summed E-state index contributed by atoms with van der Waals surface area (Å²) < 4.78 is 5.09. The normalized spacial score (nSPS) is 23.8. The number of ether oxygens (including phenoxy) is 1. The fourth-order valence-corrected chi connectivity index (χ4v) is 2.67. The van der Waals surface area contributed by atoms with Crippen LogP contribution in [0.4, 0.5) is 0 Å². The molecule has 1 N–H and O–H groups in total. The summed E-state index contributed by atoms with van der Waals surface area (Å²) in [5.41, 5.74) is -0.0952. The molecule has 0 radical (unpaired) electrons. The smallest absolute Gasteiger partial charge is 0.228 e. The number of methoxy groups -OCH3 is 1. The summed E-state index contributed by atoms with van der Waals surface area (Å²) in [5.74, 6) is 0.721. The molecule has 1 heterocycles. The van der Waals surface area contributed by atoms with Crippen molar-refractivity contribution in [1.29, 1.82) is 0 Å². The van der Waals surface area contributed by atoms with E-state index in [1.165, 1.54) is 0 Å². The molecule has 0 unspecified atom stereocenters. The quantitative estimate of drug-likeness (QED) is 0.782. The second-order valence-electron chi connectivity index (χ2n) is 5.44. The molecule has 0 aromatic carbocycles. The number of carbonyl (C=O) groups excluding carboxylic acids is 1. The summed E-state index contributed by atoms with van der Waals surface area (Å²) in [6, 6.07) is 0. The van der Waals surface area contributed by atoms with E-state index in [2.05, 4.69) is 0 Å². The van der Waals surface area contributed by atoms with E-state index in [0.29, 0.717) is 18.4 Å². The molecular formula is C13H23NO3. The Balaban J connectivity index is 1.84. The molecule has 1 aliphatic heterocycles. The average Bonchev–Trinajstić information content (AvgIpc) is 3.17. The van der Waals surface area contributed by atoms with Crippen LogP contribution in [0.5, 0.6) is 0 Å². The summed E-state index contributed by atoms with van der Waals surface area (Å²) in [7, 11) is 1.69. The first kappa shape index (κ1) is 12.8. The fourth-order valence-electron chi connectivity index (χ4n) is 2.67. The fraction of sp³-hybridized carbons (Fsp3) is 0.923. The van der Waals surface area contributed by atoms with Gasteiger partial charge in [0.1, 0.15) is 0 Å². The van der Waals surface area contributed by atoms with Crippen LogP contribution in [0.15, 0.2) is 0 Å². The minimum Gasteiger partial charge on any atom is -0.396 e. The molecule has 1 aliphatic carbocycles. The van der Waals surface area contributed by atoms with Gasteiger partial charge in [-0.1, -0.05) is 0 Å². The Kier molecular flexibility index (Phi) is 4.05. The molecule has 1 saturated carbocycles. The molecule has 1 saturated heterocycles. The second-order valence-corrected chi connectivity index (χ2v) is 5.44. The van der Waals surface area contributed by atoms with Crippen molar-refractivity contribution in [3.8, 4) is 0 Å². The number of carbonyl (C=O) groups is 1. The van der Waals surface area contributed by atoms with Crippen LogP contribution in [-0.4, -0.2) is 49.3 Å². The highest BCUT2D eigenvalue weighted by Gasteiger charge is 2.51. The zero-order valence-corrected chi connectivity index (χ0v) is 10.7. The first-order valence-corrected chi connectivity index (χ1v) is 6.61. The molecule has 0 bridgehead atoms. The lowest BCUT2D eigenvalue weighted by atomic mass is 9.94. The van der Waals surface area contributed by atoms with Crippen molar-refractivity contribution in [3.05, 3.63) is 0 Å². The van der Waals surface area contributed by atoms with E-state index >= 15 is 0 Å². The molecule has 2 aliphatic rings. The third-order valence-corrected chi connectivity index (χ3v) is 4.25. The predicted molar refractivity (Wildman–Crippen MR) is 64.5 cm³/mol. The van der Waals surface area contributed by atoms with Gasteiger partial charge < -0.3 is 14.7 Å². The number of amides is 1. The van der Waals surface area contributed by atoms with Gasteiger partial charge in [-0.05, 0) is 38.0 Å². The van der Waals surface area contributed by atoms with Crippen molar-refractivity contribution in [3.63, 3.8) is 0 Å². The van der Waals surface area contributed by atoms with Gasteiger partial charge in [0.15, 0.2) is 0 Å². The summed E-state index contributed by atoms with van der Waals surface area (Å²) >= 11 is 0. The van der Waals surface area contributed by atoms with E-state index in [4.69, 9.17) is 9.84 Å². The van der Waals surface area contributed by atoms with Gasteiger partial charge in [-0.25, -0.2) is 0 Å². The van der Waals surface area contributed by atoms with E-state index in [9.17, 15) is 4.79 Å². The van der Waals surface area contributed by atoms with Gasteiger partial charge in [-0.2, -0.15) is 0 Å². The monoisotopic (exact) mass is 241 g/mol. The summed E-state index contributed by atoms with van der Waals surface area (Å²) in [5, 5.41) is 9.08. The number of likely N-dealkylation sites (tertiary alicyclic amines) is 1.